The Morgan fingerprint density at radius 2 is 0.839 bits per heavy atom. The van der Waals surface area contributed by atoms with Crippen LogP contribution in [0.3, 0.4) is 0 Å². The molecule has 0 saturated heterocycles. The van der Waals surface area contributed by atoms with Crippen molar-refractivity contribution >= 4 is 23.9 Å². The standard InChI is InChI=1S/C5H12O3.3C4H6O2.C3H2O2/c1-5(2-6,3-7)4-8;3*1-3(2)4(5)6;1-2-3(4)5/h6-8H,2-4H2,1H3;3*1H2,2H3,(H,5,6);1H,(H,4,5). The molecule has 0 aliphatic heterocycles. The van der Waals surface area contributed by atoms with Gasteiger partial charge in [0.2, 0.25) is 0 Å². The zero-order chi connectivity index (χ0) is 26.4. The van der Waals surface area contributed by atoms with Crippen molar-refractivity contribution in [3.63, 3.8) is 0 Å². The minimum atomic E-state index is -1.22. The summed E-state index contributed by atoms with van der Waals surface area (Å²) in [7, 11) is 0. The first-order valence-corrected chi connectivity index (χ1v) is 8.07. The number of hydrogen-bond acceptors (Lipinski definition) is 7. The highest BCUT2D eigenvalue weighted by Gasteiger charge is 2.20. The molecule has 11 nitrogen and oxygen atoms in total. The second-order valence-electron chi connectivity index (χ2n) is 5.99. The molecule has 178 valence electrons. The minimum absolute atomic E-state index is 0.176. The molecular weight excluding hydrogens is 416 g/mol. The summed E-state index contributed by atoms with van der Waals surface area (Å²) in [4.78, 5) is 37.9. The number of carboxylic acid groups (broad SMARTS) is 4. The Labute approximate surface area is 181 Å². The Bertz CT molecular complexity index is 549. The highest BCUT2D eigenvalue weighted by atomic mass is 16.4. The van der Waals surface area contributed by atoms with Gasteiger partial charge in [-0.3, -0.25) is 0 Å². The summed E-state index contributed by atoms with van der Waals surface area (Å²) in [6.45, 7) is 14.9. The van der Waals surface area contributed by atoms with Crippen LogP contribution >= 0.6 is 0 Å². The molecule has 0 unspecified atom stereocenters. The van der Waals surface area contributed by atoms with Gasteiger partial charge in [-0.15, -0.1) is 6.42 Å². The van der Waals surface area contributed by atoms with Crippen LogP contribution in [-0.2, 0) is 19.2 Å². The first kappa shape index (κ1) is 38.2. The fourth-order valence-electron chi connectivity index (χ4n) is 0.150. The van der Waals surface area contributed by atoms with E-state index in [1.807, 2.05) is 0 Å². The highest BCUT2D eigenvalue weighted by Crippen LogP contribution is 2.10. The van der Waals surface area contributed by atoms with E-state index >= 15 is 0 Å². The monoisotopic (exact) mass is 448 g/mol. The first-order chi connectivity index (χ1) is 13.9. The second kappa shape index (κ2) is 22.8. The number of aliphatic hydroxyl groups is 3. The van der Waals surface area contributed by atoms with Crippen LogP contribution < -0.4 is 0 Å². The molecule has 0 aromatic rings. The average molecular weight is 448 g/mol. The lowest BCUT2D eigenvalue weighted by molar-refractivity contribution is -0.133. The van der Waals surface area contributed by atoms with Gasteiger partial charge in [-0.05, 0) is 20.8 Å². The molecule has 0 heterocycles. The van der Waals surface area contributed by atoms with E-state index in [0.29, 0.717) is 0 Å². The van der Waals surface area contributed by atoms with Gasteiger partial charge >= 0.3 is 23.9 Å². The van der Waals surface area contributed by atoms with E-state index in [-0.39, 0.29) is 36.5 Å². The predicted octanol–water partition coefficient (Wildman–Crippen LogP) is 0.615. The molecule has 0 spiro atoms. The van der Waals surface area contributed by atoms with E-state index in [2.05, 4.69) is 26.2 Å². The van der Waals surface area contributed by atoms with Gasteiger partial charge in [-0.1, -0.05) is 26.7 Å². The van der Waals surface area contributed by atoms with Crippen LogP contribution in [0.1, 0.15) is 27.7 Å². The summed E-state index contributed by atoms with van der Waals surface area (Å²) in [5, 5.41) is 56.6. The van der Waals surface area contributed by atoms with E-state index in [0.717, 1.165) is 0 Å². The third-order valence-corrected chi connectivity index (χ3v) is 2.36. The molecule has 0 aliphatic carbocycles. The zero-order valence-electron chi connectivity index (χ0n) is 18.1. The Hall–Kier alpha value is -3.46. The van der Waals surface area contributed by atoms with E-state index in [1.54, 1.807) is 6.92 Å². The smallest absolute Gasteiger partial charge is 0.381 e. The minimum Gasteiger partial charge on any atom is -0.478 e. The Kier molecular flexibility index (Phi) is 28.1. The van der Waals surface area contributed by atoms with Gasteiger partial charge in [0.25, 0.3) is 0 Å². The SMILES string of the molecule is C#CC(=O)O.C=C(C)C(=O)O.C=C(C)C(=O)O.C=C(C)C(=O)O.CC(CO)(CO)CO. The van der Waals surface area contributed by atoms with E-state index in [4.69, 9.17) is 40.5 Å². The van der Waals surface area contributed by atoms with Crippen LogP contribution in [0.15, 0.2) is 36.5 Å². The maximum Gasteiger partial charge on any atom is 0.381 e. The lowest BCUT2D eigenvalue weighted by Gasteiger charge is -2.20. The molecular formula is C20H32O11. The molecule has 0 radical (unpaired) electrons. The summed E-state index contributed by atoms with van der Waals surface area (Å²) in [5.41, 5.74) is -0.181. The molecule has 7 N–H and O–H groups in total. The molecule has 0 aliphatic rings. The van der Waals surface area contributed by atoms with Gasteiger partial charge in [-0.2, -0.15) is 0 Å². The molecule has 0 atom stereocenters. The zero-order valence-corrected chi connectivity index (χ0v) is 18.1. The van der Waals surface area contributed by atoms with Crippen molar-refractivity contribution in [3.05, 3.63) is 36.5 Å². The maximum absolute atomic E-state index is 9.60. The molecule has 0 amide bonds. The summed E-state index contributed by atoms with van der Waals surface area (Å²) >= 11 is 0. The number of aliphatic hydroxyl groups excluding tert-OH is 3. The van der Waals surface area contributed by atoms with E-state index in [1.165, 1.54) is 26.7 Å². The molecule has 0 saturated carbocycles. The summed E-state index contributed by atoms with van der Waals surface area (Å²) in [6, 6.07) is 0. The largest absolute Gasteiger partial charge is 0.478 e. The van der Waals surface area contributed by atoms with E-state index < -0.39 is 29.3 Å². The highest BCUT2D eigenvalue weighted by molar-refractivity contribution is 5.86. The van der Waals surface area contributed by atoms with Crippen molar-refractivity contribution in [1.82, 2.24) is 0 Å². The molecule has 11 heteroatoms. The Morgan fingerprint density at radius 3 is 0.839 bits per heavy atom. The fourth-order valence-corrected chi connectivity index (χ4v) is 0.150. The average Bonchev–Trinajstić information content (AvgIpc) is 2.68. The lowest BCUT2D eigenvalue weighted by Crippen LogP contribution is -2.29. The number of hydrogen-bond donors (Lipinski definition) is 7. The van der Waals surface area contributed by atoms with Crippen molar-refractivity contribution in [3.8, 4) is 12.3 Å². The quantitative estimate of drug-likeness (QED) is 0.221. The molecule has 0 rings (SSSR count). The van der Waals surface area contributed by atoms with Crippen LogP contribution in [0.4, 0.5) is 0 Å². The number of carboxylic acids is 4. The van der Waals surface area contributed by atoms with Gasteiger partial charge in [0.15, 0.2) is 0 Å². The predicted molar refractivity (Wildman–Crippen MR) is 113 cm³/mol. The van der Waals surface area contributed by atoms with Crippen LogP contribution in [0.5, 0.6) is 0 Å². The van der Waals surface area contributed by atoms with Crippen molar-refractivity contribution in [1.29, 1.82) is 0 Å². The van der Waals surface area contributed by atoms with Crippen molar-refractivity contribution in [2.24, 2.45) is 5.41 Å². The van der Waals surface area contributed by atoms with Crippen LogP contribution in [0.2, 0.25) is 0 Å². The summed E-state index contributed by atoms with van der Waals surface area (Å²) in [5.74, 6) is -2.58. The van der Waals surface area contributed by atoms with Gasteiger partial charge < -0.3 is 35.7 Å². The third kappa shape index (κ3) is 41.9. The normalized spacial score (nSPS) is 8.32. The second-order valence-corrected chi connectivity index (χ2v) is 5.99. The molecule has 0 fully saturated rings. The Balaban J connectivity index is -0.0000000917. The number of rotatable bonds is 6. The summed E-state index contributed by atoms with van der Waals surface area (Å²) < 4.78 is 0. The molecule has 0 aromatic heterocycles. The van der Waals surface area contributed by atoms with Crippen molar-refractivity contribution < 1.29 is 54.9 Å². The van der Waals surface area contributed by atoms with Crippen LogP contribution in [0.25, 0.3) is 0 Å². The van der Waals surface area contributed by atoms with Gasteiger partial charge in [0, 0.05) is 28.1 Å². The van der Waals surface area contributed by atoms with Gasteiger partial charge in [0.05, 0.1) is 19.8 Å². The molecule has 0 aromatic carbocycles. The number of terminal acetylenes is 1. The van der Waals surface area contributed by atoms with Crippen LogP contribution in [-0.4, -0.2) is 79.4 Å². The lowest BCUT2D eigenvalue weighted by atomic mass is 9.95. The van der Waals surface area contributed by atoms with Gasteiger partial charge in [-0.25, -0.2) is 19.2 Å². The van der Waals surface area contributed by atoms with Crippen LogP contribution in [0, 0.1) is 17.8 Å². The number of aliphatic carboxylic acids is 4. The molecule has 0 bridgehead atoms. The molecule has 31 heavy (non-hydrogen) atoms. The maximum atomic E-state index is 9.60. The first-order valence-electron chi connectivity index (χ1n) is 8.07. The van der Waals surface area contributed by atoms with E-state index in [9.17, 15) is 14.4 Å². The Morgan fingerprint density at radius 1 is 0.710 bits per heavy atom. The third-order valence-electron chi connectivity index (χ3n) is 2.36. The van der Waals surface area contributed by atoms with Gasteiger partial charge in [0.1, 0.15) is 0 Å². The topological polar surface area (TPSA) is 210 Å². The summed E-state index contributed by atoms with van der Waals surface area (Å²) in [6.07, 6.45) is 4.32. The fraction of sp³-hybridized carbons (Fsp3) is 0.400. The van der Waals surface area contributed by atoms with Crippen molar-refractivity contribution in [2.45, 2.75) is 27.7 Å². The number of carbonyl (C=O) groups is 4. The van der Waals surface area contributed by atoms with Crippen molar-refractivity contribution in [2.75, 3.05) is 19.8 Å².